The molecule has 0 saturated carbocycles. The molecular formula is C16H17NO4. The van der Waals surface area contributed by atoms with E-state index in [4.69, 9.17) is 4.74 Å². The van der Waals surface area contributed by atoms with E-state index in [2.05, 4.69) is 0 Å². The molecule has 0 aliphatic carbocycles. The Balaban J connectivity index is 1.95. The summed E-state index contributed by atoms with van der Waals surface area (Å²) in [7, 11) is 0. The van der Waals surface area contributed by atoms with E-state index in [1.165, 1.54) is 12.2 Å². The van der Waals surface area contributed by atoms with Gasteiger partial charge in [0.25, 0.3) is 11.8 Å². The fourth-order valence-corrected chi connectivity index (χ4v) is 1.97. The van der Waals surface area contributed by atoms with Gasteiger partial charge in [-0.15, -0.1) is 0 Å². The van der Waals surface area contributed by atoms with Crippen molar-refractivity contribution in [3.63, 3.8) is 0 Å². The fourth-order valence-electron chi connectivity index (χ4n) is 1.97. The summed E-state index contributed by atoms with van der Waals surface area (Å²) in [5.74, 6) is -0.982. The Labute approximate surface area is 123 Å². The largest absolute Gasteiger partial charge is 0.465 e. The van der Waals surface area contributed by atoms with Gasteiger partial charge < -0.3 is 4.74 Å². The second kappa shape index (κ2) is 6.83. The average molecular weight is 287 g/mol. The van der Waals surface area contributed by atoms with Crippen LogP contribution in [0, 0.1) is 0 Å². The predicted molar refractivity (Wildman–Crippen MR) is 77.6 cm³/mol. The number of anilines is 1. The van der Waals surface area contributed by atoms with E-state index in [9.17, 15) is 14.4 Å². The van der Waals surface area contributed by atoms with Gasteiger partial charge in [-0.1, -0.05) is 25.5 Å². The van der Waals surface area contributed by atoms with Gasteiger partial charge in [-0.05, 0) is 24.1 Å². The molecule has 0 fully saturated rings. The summed E-state index contributed by atoms with van der Waals surface area (Å²) in [6, 6.07) is 6.74. The van der Waals surface area contributed by atoms with Crippen molar-refractivity contribution in [3.05, 3.63) is 42.0 Å². The van der Waals surface area contributed by atoms with E-state index in [0.29, 0.717) is 12.3 Å². The van der Waals surface area contributed by atoms with Gasteiger partial charge in [0.2, 0.25) is 0 Å². The summed E-state index contributed by atoms with van der Waals surface area (Å²) in [4.78, 5) is 35.7. The Hall–Kier alpha value is -2.43. The first kappa shape index (κ1) is 15.0. The highest BCUT2D eigenvalue weighted by Crippen LogP contribution is 2.19. The van der Waals surface area contributed by atoms with Gasteiger partial charge in [0, 0.05) is 12.2 Å². The molecule has 2 amide bonds. The zero-order valence-electron chi connectivity index (χ0n) is 11.9. The van der Waals surface area contributed by atoms with E-state index in [0.717, 1.165) is 23.3 Å². The van der Waals surface area contributed by atoms with Crippen molar-refractivity contribution >= 4 is 23.5 Å². The maximum Gasteiger partial charge on any atom is 0.310 e. The molecule has 0 radical (unpaired) electrons. The van der Waals surface area contributed by atoms with Crippen molar-refractivity contribution < 1.29 is 19.1 Å². The Kier molecular flexibility index (Phi) is 4.87. The van der Waals surface area contributed by atoms with Crippen LogP contribution in [0.3, 0.4) is 0 Å². The number of benzene rings is 1. The molecule has 0 aromatic heterocycles. The Bertz CT molecular complexity index is 556. The molecule has 1 aliphatic heterocycles. The maximum absolute atomic E-state index is 11.6. The minimum Gasteiger partial charge on any atom is -0.465 e. The SMILES string of the molecule is CCCCOC(=O)Cc1ccc(N2C(=O)C=CC2=O)cc1. The first-order valence-electron chi connectivity index (χ1n) is 6.92. The average Bonchev–Trinajstić information content (AvgIpc) is 2.80. The number of hydrogen-bond donors (Lipinski definition) is 0. The van der Waals surface area contributed by atoms with Crippen molar-refractivity contribution in [2.24, 2.45) is 0 Å². The minimum absolute atomic E-state index is 0.185. The molecule has 5 heteroatoms. The van der Waals surface area contributed by atoms with Gasteiger partial charge >= 0.3 is 5.97 Å². The molecule has 0 atom stereocenters. The maximum atomic E-state index is 11.6. The molecule has 0 bridgehead atoms. The molecule has 1 aromatic carbocycles. The van der Waals surface area contributed by atoms with Gasteiger partial charge in [-0.3, -0.25) is 14.4 Å². The van der Waals surface area contributed by atoms with E-state index in [-0.39, 0.29) is 24.2 Å². The van der Waals surface area contributed by atoms with E-state index >= 15 is 0 Å². The third kappa shape index (κ3) is 3.78. The number of esters is 1. The number of imide groups is 1. The van der Waals surface area contributed by atoms with Crippen LogP contribution in [0.15, 0.2) is 36.4 Å². The van der Waals surface area contributed by atoms with Crippen LogP contribution >= 0.6 is 0 Å². The lowest BCUT2D eigenvalue weighted by Gasteiger charge is -2.14. The molecule has 21 heavy (non-hydrogen) atoms. The lowest BCUT2D eigenvalue weighted by Crippen LogP contribution is -2.29. The van der Waals surface area contributed by atoms with Crippen LogP contribution in [0.4, 0.5) is 5.69 Å². The van der Waals surface area contributed by atoms with Crippen molar-refractivity contribution in [1.82, 2.24) is 0 Å². The molecule has 5 nitrogen and oxygen atoms in total. The molecule has 0 spiro atoms. The van der Waals surface area contributed by atoms with E-state index < -0.39 is 0 Å². The molecule has 0 N–H and O–H groups in total. The van der Waals surface area contributed by atoms with Gasteiger partial charge in [-0.25, -0.2) is 4.90 Å². The van der Waals surface area contributed by atoms with E-state index in [1.54, 1.807) is 24.3 Å². The number of carbonyl (C=O) groups is 3. The molecule has 0 unspecified atom stereocenters. The summed E-state index contributed by atoms with van der Waals surface area (Å²) in [5.41, 5.74) is 1.28. The number of carbonyl (C=O) groups excluding carboxylic acids is 3. The van der Waals surface area contributed by atoms with E-state index in [1.807, 2.05) is 6.92 Å². The second-order valence-electron chi connectivity index (χ2n) is 4.76. The molecule has 1 aromatic rings. The molecule has 110 valence electrons. The summed E-state index contributed by atoms with van der Waals surface area (Å²) in [5, 5.41) is 0. The van der Waals surface area contributed by atoms with Gasteiger partial charge in [-0.2, -0.15) is 0 Å². The first-order valence-corrected chi connectivity index (χ1v) is 6.92. The normalized spacial score (nSPS) is 13.9. The summed E-state index contributed by atoms with van der Waals surface area (Å²) >= 11 is 0. The molecule has 1 heterocycles. The first-order chi connectivity index (χ1) is 10.1. The Morgan fingerprint density at radius 3 is 2.29 bits per heavy atom. The summed E-state index contributed by atoms with van der Waals surface area (Å²) in [6.45, 7) is 2.47. The second-order valence-corrected chi connectivity index (χ2v) is 4.76. The zero-order chi connectivity index (χ0) is 15.2. The Morgan fingerprint density at radius 1 is 1.10 bits per heavy atom. The monoisotopic (exact) mass is 287 g/mol. The smallest absolute Gasteiger partial charge is 0.310 e. The highest BCUT2D eigenvalue weighted by atomic mass is 16.5. The predicted octanol–water partition coefficient (Wildman–Crippen LogP) is 2.00. The van der Waals surface area contributed by atoms with Crippen LogP contribution in [-0.2, 0) is 25.5 Å². The van der Waals surface area contributed by atoms with Gasteiger partial charge in [0.15, 0.2) is 0 Å². The Morgan fingerprint density at radius 2 is 1.71 bits per heavy atom. The lowest BCUT2D eigenvalue weighted by atomic mass is 10.1. The lowest BCUT2D eigenvalue weighted by molar-refractivity contribution is -0.143. The fraction of sp³-hybridized carbons (Fsp3) is 0.312. The number of hydrogen-bond acceptors (Lipinski definition) is 4. The van der Waals surface area contributed by atoms with Crippen molar-refractivity contribution in [3.8, 4) is 0 Å². The number of rotatable bonds is 6. The number of ether oxygens (including phenoxy) is 1. The molecule has 0 saturated heterocycles. The van der Waals surface area contributed by atoms with Crippen molar-refractivity contribution in [1.29, 1.82) is 0 Å². The topological polar surface area (TPSA) is 63.7 Å². The van der Waals surface area contributed by atoms with Gasteiger partial charge in [0.1, 0.15) is 0 Å². The quantitative estimate of drug-likeness (QED) is 0.456. The molecular weight excluding hydrogens is 270 g/mol. The molecule has 2 rings (SSSR count). The van der Waals surface area contributed by atoms with Crippen LogP contribution in [0.1, 0.15) is 25.3 Å². The van der Waals surface area contributed by atoms with Crippen LogP contribution in [0.2, 0.25) is 0 Å². The highest BCUT2D eigenvalue weighted by Gasteiger charge is 2.24. The van der Waals surface area contributed by atoms with Gasteiger partial charge in [0.05, 0.1) is 18.7 Å². The minimum atomic E-state index is -0.355. The van der Waals surface area contributed by atoms with Crippen molar-refractivity contribution in [2.75, 3.05) is 11.5 Å². The summed E-state index contributed by atoms with van der Waals surface area (Å²) in [6.07, 6.45) is 4.50. The number of nitrogens with zero attached hydrogens (tertiary/aromatic N) is 1. The standard InChI is InChI=1S/C16H17NO4/c1-2-3-10-21-16(20)11-12-4-6-13(7-5-12)17-14(18)8-9-15(17)19/h4-9H,2-3,10-11H2,1H3. The van der Waals surface area contributed by atoms with Crippen LogP contribution in [-0.4, -0.2) is 24.4 Å². The third-order valence-corrected chi connectivity index (χ3v) is 3.11. The number of unbranched alkanes of at least 4 members (excludes halogenated alkanes) is 1. The van der Waals surface area contributed by atoms with Crippen LogP contribution in [0.25, 0.3) is 0 Å². The van der Waals surface area contributed by atoms with Crippen LogP contribution < -0.4 is 4.90 Å². The zero-order valence-corrected chi connectivity index (χ0v) is 11.9. The number of amides is 2. The van der Waals surface area contributed by atoms with Crippen molar-refractivity contribution in [2.45, 2.75) is 26.2 Å². The van der Waals surface area contributed by atoms with Crippen LogP contribution in [0.5, 0.6) is 0 Å². The summed E-state index contributed by atoms with van der Waals surface area (Å²) < 4.78 is 5.08. The molecule has 1 aliphatic rings. The third-order valence-electron chi connectivity index (χ3n) is 3.11. The highest BCUT2D eigenvalue weighted by molar-refractivity contribution is 6.28.